The van der Waals surface area contributed by atoms with Crippen LogP contribution in [-0.2, 0) is 13.0 Å². The van der Waals surface area contributed by atoms with E-state index in [0.29, 0.717) is 6.61 Å². The average molecular weight is 375 g/mol. The minimum absolute atomic E-state index is 0.105. The van der Waals surface area contributed by atoms with Crippen LogP contribution in [0.1, 0.15) is 23.8 Å². The summed E-state index contributed by atoms with van der Waals surface area (Å²) in [4.78, 5) is 1.17. The van der Waals surface area contributed by atoms with Crippen LogP contribution in [0.2, 0.25) is 5.02 Å². The summed E-state index contributed by atoms with van der Waals surface area (Å²) in [5, 5.41) is 2.77. The van der Waals surface area contributed by atoms with Crippen LogP contribution in [0.5, 0.6) is 5.75 Å². The highest BCUT2D eigenvalue weighted by Crippen LogP contribution is 2.29. The van der Waals surface area contributed by atoms with Gasteiger partial charge in [0.1, 0.15) is 12.4 Å². The van der Waals surface area contributed by atoms with Crippen molar-refractivity contribution in [1.82, 2.24) is 0 Å². The van der Waals surface area contributed by atoms with Crippen LogP contribution in [0.15, 0.2) is 34.1 Å². The van der Waals surface area contributed by atoms with E-state index in [1.165, 1.54) is 4.88 Å². The van der Waals surface area contributed by atoms with Crippen molar-refractivity contribution in [2.24, 2.45) is 5.73 Å². The summed E-state index contributed by atoms with van der Waals surface area (Å²) in [5.74, 6) is 0.825. The number of thiophene rings is 1. The van der Waals surface area contributed by atoms with Gasteiger partial charge in [0.25, 0.3) is 0 Å². The van der Waals surface area contributed by atoms with Gasteiger partial charge in [0.15, 0.2) is 0 Å². The maximum atomic E-state index is 6.28. The second-order valence-corrected chi connectivity index (χ2v) is 6.93. The molecule has 0 saturated heterocycles. The van der Waals surface area contributed by atoms with E-state index in [2.05, 4.69) is 28.9 Å². The van der Waals surface area contributed by atoms with Crippen molar-refractivity contribution in [2.75, 3.05) is 0 Å². The number of benzene rings is 1. The van der Waals surface area contributed by atoms with Gasteiger partial charge in [0, 0.05) is 31.4 Å². The van der Waals surface area contributed by atoms with Gasteiger partial charge in [-0.3, -0.25) is 0 Å². The highest BCUT2D eigenvalue weighted by atomic mass is 79.9. The number of halogens is 2. The zero-order chi connectivity index (χ0) is 14.5. The highest BCUT2D eigenvalue weighted by molar-refractivity contribution is 9.10. The fourth-order valence-corrected chi connectivity index (χ4v) is 3.46. The minimum Gasteiger partial charge on any atom is -0.488 e. The van der Waals surface area contributed by atoms with Crippen molar-refractivity contribution >= 4 is 38.9 Å². The third kappa shape index (κ3) is 4.22. The first kappa shape index (κ1) is 15.8. The smallest absolute Gasteiger partial charge is 0.124 e. The van der Waals surface area contributed by atoms with Gasteiger partial charge < -0.3 is 10.5 Å². The van der Waals surface area contributed by atoms with Crippen LogP contribution < -0.4 is 10.5 Å². The Morgan fingerprint density at radius 1 is 1.45 bits per heavy atom. The Morgan fingerprint density at radius 3 is 2.90 bits per heavy atom. The van der Waals surface area contributed by atoms with Crippen molar-refractivity contribution in [3.05, 3.63) is 49.6 Å². The lowest BCUT2D eigenvalue weighted by Gasteiger charge is -2.15. The van der Waals surface area contributed by atoms with E-state index in [1.54, 1.807) is 11.3 Å². The Kier molecular flexibility index (Phi) is 5.90. The van der Waals surface area contributed by atoms with Gasteiger partial charge in [-0.05, 0) is 47.0 Å². The Hall–Kier alpha value is -0.550. The topological polar surface area (TPSA) is 35.2 Å². The van der Waals surface area contributed by atoms with Crippen LogP contribution in [0.3, 0.4) is 0 Å². The van der Waals surface area contributed by atoms with Gasteiger partial charge in [-0.1, -0.05) is 24.6 Å². The molecule has 5 heteroatoms. The molecule has 0 amide bonds. The molecule has 2 rings (SSSR count). The van der Waals surface area contributed by atoms with Crippen LogP contribution >= 0.6 is 38.9 Å². The zero-order valence-corrected chi connectivity index (χ0v) is 14.4. The van der Waals surface area contributed by atoms with E-state index in [4.69, 9.17) is 22.1 Å². The number of ether oxygens (including phenoxy) is 1. The third-order valence-corrected chi connectivity index (χ3v) is 5.08. The van der Waals surface area contributed by atoms with Crippen LogP contribution in [-0.4, -0.2) is 6.04 Å². The monoisotopic (exact) mass is 373 g/mol. The second kappa shape index (κ2) is 7.46. The molecule has 0 spiro atoms. The molecule has 2 N–H and O–H groups in total. The molecule has 1 aromatic carbocycles. The lowest BCUT2D eigenvalue weighted by atomic mass is 10.0. The largest absolute Gasteiger partial charge is 0.488 e. The van der Waals surface area contributed by atoms with Gasteiger partial charge in [-0.15, -0.1) is 11.3 Å². The summed E-state index contributed by atoms with van der Waals surface area (Å²) in [6.07, 6.45) is 1.65. The van der Waals surface area contributed by atoms with E-state index in [-0.39, 0.29) is 6.04 Å². The first-order valence-electron chi connectivity index (χ1n) is 6.48. The molecule has 1 heterocycles. The number of hydrogen-bond donors (Lipinski definition) is 1. The summed E-state index contributed by atoms with van der Waals surface area (Å²) in [6, 6.07) is 7.91. The maximum absolute atomic E-state index is 6.28. The fraction of sp³-hybridized carbons (Fsp3) is 0.333. The standard InChI is InChI=1S/C15H17BrClNOS/c1-2-11(18)7-13-14(17)4-3-5-15(13)19-8-12-6-10(16)9-20-12/h3-6,9,11H,2,7-8,18H2,1H3. The molecule has 108 valence electrons. The molecule has 1 unspecified atom stereocenters. The molecule has 0 saturated carbocycles. The molecular weight excluding hydrogens is 358 g/mol. The van der Waals surface area contributed by atoms with Crippen molar-refractivity contribution in [3.8, 4) is 5.75 Å². The minimum atomic E-state index is 0.105. The maximum Gasteiger partial charge on any atom is 0.124 e. The van der Waals surface area contributed by atoms with Gasteiger partial charge in [0.2, 0.25) is 0 Å². The molecule has 0 radical (unpaired) electrons. The Morgan fingerprint density at radius 2 is 2.25 bits per heavy atom. The number of nitrogens with two attached hydrogens (primary N) is 1. The van der Waals surface area contributed by atoms with Crippen LogP contribution in [0, 0.1) is 0 Å². The highest BCUT2D eigenvalue weighted by Gasteiger charge is 2.12. The van der Waals surface area contributed by atoms with E-state index >= 15 is 0 Å². The summed E-state index contributed by atoms with van der Waals surface area (Å²) in [6.45, 7) is 2.62. The Balaban J connectivity index is 2.12. The molecule has 0 aliphatic heterocycles. The van der Waals surface area contributed by atoms with Gasteiger partial charge in [-0.25, -0.2) is 0 Å². The van der Waals surface area contributed by atoms with Crippen LogP contribution in [0.25, 0.3) is 0 Å². The second-order valence-electron chi connectivity index (χ2n) is 4.61. The summed E-state index contributed by atoms with van der Waals surface area (Å²) in [5.41, 5.74) is 7.03. The molecule has 1 atom stereocenters. The molecular formula is C15H17BrClNOS. The predicted octanol–water partition coefficient (Wildman–Crippen LogP) is 5.02. The van der Waals surface area contributed by atoms with Crippen molar-refractivity contribution < 1.29 is 4.74 Å². The van der Waals surface area contributed by atoms with Gasteiger partial charge in [-0.2, -0.15) is 0 Å². The molecule has 2 aromatic rings. The quantitative estimate of drug-likeness (QED) is 0.770. The van der Waals surface area contributed by atoms with E-state index < -0.39 is 0 Å². The number of rotatable bonds is 6. The van der Waals surface area contributed by atoms with Gasteiger partial charge >= 0.3 is 0 Å². The molecule has 0 fully saturated rings. The van der Waals surface area contributed by atoms with E-state index in [1.807, 2.05) is 23.6 Å². The van der Waals surface area contributed by atoms with Crippen molar-refractivity contribution in [3.63, 3.8) is 0 Å². The van der Waals surface area contributed by atoms with Crippen molar-refractivity contribution in [2.45, 2.75) is 32.4 Å². The molecule has 0 aliphatic carbocycles. The summed E-state index contributed by atoms with van der Waals surface area (Å²) in [7, 11) is 0. The number of hydrogen-bond acceptors (Lipinski definition) is 3. The normalized spacial score (nSPS) is 12.4. The SMILES string of the molecule is CCC(N)Cc1c(Cl)cccc1OCc1cc(Br)cs1. The molecule has 1 aromatic heterocycles. The Labute approximate surface area is 137 Å². The van der Waals surface area contributed by atoms with Gasteiger partial charge in [0.05, 0.1) is 0 Å². The predicted molar refractivity (Wildman–Crippen MR) is 89.8 cm³/mol. The summed E-state index contributed by atoms with van der Waals surface area (Å²) < 4.78 is 7.00. The van der Waals surface area contributed by atoms with Crippen molar-refractivity contribution in [1.29, 1.82) is 0 Å². The lowest BCUT2D eigenvalue weighted by molar-refractivity contribution is 0.305. The first-order chi connectivity index (χ1) is 9.60. The third-order valence-electron chi connectivity index (χ3n) is 3.06. The van der Waals surface area contributed by atoms with E-state index in [0.717, 1.165) is 33.6 Å². The Bertz CT molecular complexity index is 573. The first-order valence-corrected chi connectivity index (χ1v) is 8.54. The van der Waals surface area contributed by atoms with Crippen LogP contribution in [0.4, 0.5) is 0 Å². The molecule has 0 aliphatic rings. The summed E-state index contributed by atoms with van der Waals surface area (Å²) >= 11 is 11.4. The fourth-order valence-electron chi connectivity index (χ4n) is 1.86. The average Bonchev–Trinajstić information content (AvgIpc) is 2.85. The molecule has 2 nitrogen and oxygen atoms in total. The molecule has 0 bridgehead atoms. The zero-order valence-electron chi connectivity index (χ0n) is 11.2. The molecule has 20 heavy (non-hydrogen) atoms. The lowest BCUT2D eigenvalue weighted by Crippen LogP contribution is -2.22. The van der Waals surface area contributed by atoms with E-state index in [9.17, 15) is 0 Å².